The van der Waals surface area contributed by atoms with E-state index in [2.05, 4.69) is 23.6 Å². The molecule has 1 amide bonds. The zero-order valence-electron chi connectivity index (χ0n) is 20.1. The van der Waals surface area contributed by atoms with E-state index in [1.807, 2.05) is 17.5 Å². The van der Waals surface area contributed by atoms with E-state index in [0.717, 1.165) is 49.1 Å². The van der Waals surface area contributed by atoms with Crippen molar-refractivity contribution in [3.8, 4) is 0 Å². The van der Waals surface area contributed by atoms with Crippen LogP contribution in [-0.2, 0) is 19.1 Å². The van der Waals surface area contributed by atoms with Crippen molar-refractivity contribution in [3.05, 3.63) is 50.4 Å². The summed E-state index contributed by atoms with van der Waals surface area (Å²) >= 11 is 3.33. The molecule has 0 spiro atoms. The highest BCUT2D eigenvalue weighted by Crippen LogP contribution is 2.46. The Balaban J connectivity index is 1.19. The highest BCUT2D eigenvalue weighted by atomic mass is 32.1. The van der Waals surface area contributed by atoms with Gasteiger partial charge in [0.1, 0.15) is 5.78 Å². The van der Waals surface area contributed by atoms with Crippen LogP contribution in [0.25, 0.3) is 6.08 Å². The highest BCUT2D eigenvalue weighted by molar-refractivity contribution is 7.11. The molecular weight excluding hydrogens is 492 g/mol. The summed E-state index contributed by atoms with van der Waals surface area (Å²) in [7, 11) is 0. The van der Waals surface area contributed by atoms with Crippen LogP contribution in [0.4, 0.5) is 0 Å². The summed E-state index contributed by atoms with van der Waals surface area (Å²) in [5.41, 5.74) is 2.19. The number of hydrogen-bond acceptors (Lipinski definition) is 7. The first-order valence-corrected chi connectivity index (χ1v) is 14.7. The molecule has 3 fully saturated rings. The summed E-state index contributed by atoms with van der Waals surface area (Å²) < 4.78 is 5.57. The van der Waals surface area contributed by atoms with E-state index in [4.69, 9.17) is 9.84 Å². The number of amides is 1. The second-order valence-electron chi connectivity index (χ2n) is 10.4. The van der Waals surface area contributed by atoms with Crippen LogP contribution in [0.2, 0.25) is 0 Å². The molecule has 6 rings (SSSR count). The fourth-order valence-electron chi connectivity index (χ4n) is 6.48. The number of fused-ring (bicyclic) bond motifs is 3. The number of carbonyl (C=O) groups excluding carboxylic acids is 3. The Labute approximate surface area is 219 Å². The van der Waals surface area contributed by atoms with Crippen molar-refractivity contribution in [2.45, 2.75) is 57.4 Å². The molecule has 3 saturated carbocycles. The predicted octanol–water partition coefficient (Wildman–Crippen LogP) is 5.87. The molecule has 1 aliphatic heterocycles. The topological polar surface area (TPSA) is 76.0 Å². The maximum Gasteiger partial charge on any atom is 0.309 e. The molecule has 3 aliphatic carbocycles. The van der Waals surface area contributed by atoms with Crippen LogP contribution in [0.3, 0.4) is 0 Å². The van der Waals surface area contributed by atoms with Crippen molar-refractivity contribution in [1.82, 2.24) is 5.01 Å². The van der Waals surface area contributed by atoms with Crippen LogP contribution in [0.15, 0.2) is 45.7 Å². The summed E-state index contributed by atoms with van der Waals surface area (Å²) in [4.78, 5) is 41.0. The molecule has 1 unspecified atom stereocenters. The average molecular weight is 523 g/mol. The first-order valence-electron chi connectivity index (χ1n) is 13.0. The zero-order chi connectivity index (χ0) is 24.6. The SMILES string of the molecule is O=C(OCC(=O)N1N=C2/C(=C/c3cccs3)CCC[C@@H]2[C@@H]1c1cccs1)C1C[C@H]2CCC[C@@H](C1)C2=O. The van der Waals surface area contributed by atoms with Crippen molar-refractivity contribution >= 4 is 52.1 Å². The number of hydrazone groups is 1. The Morgan fingerprint density at radius 3 is 2.56 bits per heavy atom. The van der Waals surface area contributed by atoms with Crippen LogP contribution in [0.1, 0.15) is 67.2 Å². The Kier molecular flexibility index (Phi) is 6.65. The van der Waals surface area contributed by atoms with Gasteiger partial charge in [-0.3, -0.25) is 14.4 Å². The normalized spacial score (nSPS) is 30.7. The highest BCUT2D eigenvalue weighted by Gasteiger charge is 2.45. The maximum atomic E-state index is 13.4. The van der Waals surface area contributed by atoms with Gasteiger partial charge in [0.25, 0.3) is 5.91 Å². The van der Waals surface area contributed by atoms with E-state index >= 15 is 0 Å². The molecule has 2 bridgehead atoms. The van der Waals surface area contributed by atoms with E-state index in [-0.39, 0.29) is 48.2 Å². The van der Waals surface area contributed by atoms with Gasteiger partial charge in [0, 0.05) is 27.5 Å². The minimum Gasteiger partial charge on any atom is -0.455 e. The number of ketones is 1. The van der Waals surface area contributed by atoms with Crippen LogP contribution < -0.4 is 0 Å². The van der Waals surface area contributed by atoms with E-state index in [9.17, 15) is 14.4 Å². The van der Waals surface area contributed by atoms with Crippen LogP contribution in [0.5, 0.6) is 0 Å². The molecule has 2 aromatic heterocycles. The third kappa shape index (κ3) is 4.50. The van der Waals surface area contributed by atoms with Gasteiger partial charge in [0.05, 0.1) is 17.7 Å². The molecule has 4 aliphatic rings. The van der Waals surface area contributed by atoms with Gasteiger partial charge in [-0.2, -0.15) is 5.10 Å². The number of esters is 1. The van der Waals surface area contributed by atoms with Crippen LogP contribution in [-0.4, -0.2) is 35.0 Å². The molecule has 5 atom stereocenters. The lowest BCUT2D eigenvalue weighted by atomic mass is 9.67. The standard InChI is InChI=1S/C28H30N2O4S2/c31-24(16-34-28(33)20-13-18-6-1-7-19(14-20)27(18)32)30-26(23-10-4-12-36-23)22-9-2-5-17(25(22)29-30)15-21-8-3-11-35-21/h3-4,8,10-12,15,18-20,22,26H,1-2,5-7,9,13-14,16H2/b17-15+/t18-,19+,20?,22-,26+/m0/s1. The molecule has 0 N–H and O–H groups in total. The first kappa shape index (κ1) is 23.8. The summed E-state index contributed by atoms with van der Waals surface area (Å²) in [6.45, 7) is -0.312. The third-order valence-corrected chi connectivity index (χ3v) is 9.93. The summed E-state index contributed by atoms with van der Waals surface area (Å²) in [5.74, 6) is -0.485. The van der Waals surface area contributed by atoms with Gasteiger partial charge in [0.15, 0.2) is 6.61 Å². The number of nitrogens with zero attached hydrogens (tertiary/aromatic N) is 2. The van der Waals surface area contributed by atoms with Gasteiger partial charge in [0.2, 0.25) is 0 Å². The van der Waals surface area contributed by atoms with Gasteiger partial charge in [-0.25, -0.2) is 5.01 Å². The fourth-order valence-corrected chi connectivity index (χ4v) is 8.04. The first-order chi connectivity index (χ1) is 17.6. The van der Waals surface area contributed by atoms with Crippen molar-refractivity contribution in [1.29, 1.82) is 0 Å². The lowest BCUT2D eigenvalue weighted by molar-refractivity contribution is -0.159. The molecule has 36 heavy (non-hydrogen) atoms. The van der Waals surface area contributed by atoms with E-state index in [1.54, 1.807) is 27.7 Å². The van der Waals surface area contributed by atoms with Crippen molar-refractivity contribution in [2.24, 2.45) is 28.8 Å². The molecule has 8 heteroatoms. The fraction of sp³-hybridized carbons (Fsp3) is 0.500. The zero-order valence-corrected chi connectivity index (χ0v) is 21.8. The van der Waals surface area contributed by atoms with Crippen molar-refractivity contribution in [2.75, 3.05) is 6.61 Å². The molecule has 6 nitrogen and oxygen atoms in total. The number of rotatable bonds is 5. The van der Waals surface area contributed by atoms with E-state index in [0.29, 0.717) is 18.6 Å². The maximum absolute atomic E-state index is 13.4. The Bertz CT molecular complexity index is 1180. The third-order valence-electron chi connectivity index (χ3n) is 8.17. The van der Waals surface area contributed by atoms with Gasteiger partial charge in [-0.05, 0) is 79.5 Å². The molecule has 188 valence electrons. The van der Waals surface area contributed by atoms with Crippen molar-refractivity contribution in [3.63, 3.8) is 0 Å². The van der Waals surface area contributed by atoms with Gasteiger partial charge >= 0.3 is 5.97 Å². The van der Waals surface area contributed by atoms with Crippen LogP contribution in [0, 0.1) is 23.7 Å². The molecule has 0 radical (unpaired) electrons. The molecule has 0 saturated heterocycles. The monoisotopic (exact) mass is 522 g/mol. The summed E-state index contributed by atoms with van der Waals surface area (Å²) in [6, 6.07) is 8.05. The number of ether oxygens (including phenoxy) is 1. The number of Topliss-reactive ketones (excluding diaryl/α,β-unsaturated/α-hetero) is 1. The molecule has 0 aromatic carbocycles. The van der Waals surface area contributed by atoms with E-state index in [1.165, 1.54) is 10.5 Å². The minimum atomic E-state index is -0.344. The van der Waals surface area contributed by atoms with Crippen LogP contribution >= 0.6 is 22.7 Å². The largest absolute Gasteiger partial charge is 0.455 e. The Hall–Kier alpha value is -2.58. The average Bonchev–Trinajstić information content (AvgIpc) is 3.63. The minimum absolute atomic E-state index is 0.0179. The lowest BCUT2D eigenvalue weighted by Crippen LogP contribution is -2.40. The van der Waals surface area contributed by atoms with Gasteiger partial charge in [-0.1, -0.05) is 18.6 Å². The number of carbonyl (C=O) groups is 3. The molecule has 2 aromatic rings. The van der Waals surface area contributed by atoms with E-state index < -0.39 is 0 Å². The summed E-state index contributed by atoms with van der Waals surface area (Å²) in [5, 5.41) is 10.5. The van der Waals surface area contributed by atoms with Crippen molar-refractivity contribution < 1.29 is 19.1 Å². The quantitative estimate of drug-likeness (QED) is 0.460. The lowest BCUT2D eigenvalue weighted by Gasteiger charge is -2.36. The number of allylic oxidation sites excluding steroid dienone is 1. The Morgan fingerprint density at radius 2 is 1.83 bits per heavy atom. The predicted molar refractivity (Wildman–Crippen MR) is 140 cm³/mol. The summed E-state index contributed by atoms with van der Waals surface area (Å²) in [6.07, 6.45) is 9.11. The van der Waals surface area contributed by atoms with Gasteiger partial charge < -0.3 is 4.74 Å². The molecule has 3 heterocycles. The second kappa shape index (κ2) is 10.1. The second-order valence-corrected chi connectivity index (χ2v) is 12.3. The smallest absolute Gasteiger partial charge is 0.309 e. The number of hydrogen-bond donors (Lipinski definition) is 0. The number of thiophene rings is 2. The molecular formula is C28H30N2O4S2. The Morgan fingerprint density at radius 1 is 1.06 bits per heavy atom. The van der Waals surface area contributed by atoms with Gasteiger partial charge in [-0.15, -0.1) is 22.7 Å².